The molecule has 0 amide bonds. The van der Waals surface area contributed by atoms with E-state index in [0.717, 1.165) is 25.4 Å². The number of fused-ring (bicyclic) bond motifs is 1. The number of benzene rings is 2. The van der Waals surface area contributed by atoms with Gasteiger partial charge in [0.15, 0.2) is 0 Å². The lowest BCUT2D eigenvalue weighted by atomic mass is 10.0. The van der Waals surface area contributed by atoms with E-state index in [-0.39, 0.29) is 5.54 Å². The minimum Gasteiger partial charge on any atom is -0.497 e. The third-order valence-corrected chi connectivity index (χ3v) is 5.42. The largest absolute Gasteiger partial charge is 0.497 e. The molecule has 4 nitrogen and oxygen atoms in total. The molecule has 1 saturated carbocycles. The van der Waals surface area contributed by atoms with Gasteiger partial charge in [-0.2, -0.15) is 0 Å². The van der Waals surface area contributed by atoms with Crippen molar-refractivity contribution in [2.45, 2.75) is 31.5 Å². The molecular formula is C22H26N2O2. The first kappa shape index (κ1) is 17.1. The molecule has 1 N–H and O–H groups in total. The van der Waals surface area contributed by atoms with Crippen LogP contribution < -0.4 is 10.1 Å². The fourth-order valence-electron chi connectivity index (χ4n) is 3.71. The molecule has 1 fully saturated rings. The van der Waals surface area contributed by atoms with Crippen LogP contribution in [-0.4, -0.2) is 25.4 Å². The van der Waals surface area contributed by atoms with E-state index < -0.39 is 0 Å². The first-order valence-corrected chi connectivity index (χ1v) is 9.21. The number of rotatable bonds is 8. The van der Waals surface area contributed by atoms with E-state index in [2.05, 4.69) is 52.5 Å². The monoisotopic (exact) mass is 350 g/mol. The van der Waals surface area contributed by atoms with Crippen molar-refractivity contribution in [3.63, 3.8) is 0 Å². The number of hydrogen-bond donors (Lipinski definition) is 1. The molecule has 1 aromatic heterocycles. The molecule has 2 aromatic carbocycles. The molecule has 1 heterocycles. The maximum atomic E-state index is 5.28. The summed E-state index contributed by atoms with van der Waals surface area (Å²) in [4.78, 5) is 0. The van der Waals surface area contributed by atoms with E-state index in [1.807, 2.05) is 12.1 Å². The third kappa shape index (κ3) is 3.22. The maximum Gasteiger partial charge on any atom is 0.118 e. The molecule has 1 aliphatic carbocycles. The Morgan fingerprint density at radius 1 is 1.04 bits per heavy atom. The fraction of sp³-hybridized carbons (Fsp3) is 0.364. The first-order chi connectivity index (χ1) is 12.8. The molecule has 26 heavy (non-hydrogen) atoms. The van der Waals surface area contributed by atoms with Gasteiger partial charge in [0.25, 0.3) is 0 Å². The van der Waals surface area contributed by atoms with Crippen molar-refractivity contribution in [3.8, 4) is 5.75 Å². The molecule has 0 bridgehead atoms. The molecule has 0 radical (unpaired) electrons. The van der Waals surface area contributed by atoms with E-state index in [1.165, 1.54) is 34.9 Å². The van der Waals surface area contributed by atoms with E-state index in [0.29, 0.717) is 0 Å². The summed E-state index contributed by atoms with van der Waals surface area (Å²) in [7, 11) is 3.46. The molecule has 0 spiro atoms. The molecule has 0 saturated heterocycles. The van der Waals surface area contributed by atoms with Crippen LogP contribution in [0.25, 0.3) is 10.9 Å². The van der Waals surface area contributed by atoms with Gasteiger partial charge in [0.05, 0.1) is 13.7 Å². The smallest absolute Gasteiger partial charge is 0.118 e. The van der Waals surface area contributed by atoms with E-state index >= 15 is 0 Å². The van der Waals surface area contributed by atoms with Crippen molar-refractivity contribution in [3.05, 3.63) is 65.9 Å². The summed E-state index contributed by atoms with van der Waals surface area (Å²) >= 11 is 0. The minimum atomic E-state index is 0.113. The van der Waals surface area contributed by atoms with Gasteiger partial charge in [-0.15, -0.1) is 0 Å². The van der Waals surface area contributed by atoms with Crippen LogP contribution in [0.5, 0.6) is 5.75 Å². The summed E-state index contributed by atoms with van der Waals surface area (Å²) in [6.07, 6.45) is 4.63. The average molecular weight is 350 g/mol. The van der Waals surface area contributed by atoms with E-state index in [1.54, 1.807) is 14.2 Å². The topological polar surface area (TPSA) is 35.4 Å². The molecule has 0 aliphatic heterocycles. The SMILES string of the molecule is COCCn1cc(CNC2(c3ccc(OC)cc3)CC2)c2ccccc21. The highest BCUT2D eigenvalue weighted by molar-refractivity contribution is 5.84. The molecule has 0 unspecified atom stereocenters. The summed E-state index contributed by atoms with van der Waals surface area (Å²) in [5.41, 5.74) is 4.08. The lowest BCUT2D eigenvalue weighted by Crippen LogP contribution is -2.28. The van der Waals surface area contributed by atoms with Crippen LogP contribution in [0.2, 0.25) is 0 Å². The molecule has 4 rings (SSSR count). The van der Waals surface area contributed by atoms with Gasteiger partial charge in [-0.05, 0) is 42.2 Å². The van der Waals surface area contributed by atoms with Crippen LogP contribution in [0.4, 0.5) is 0 Å². The van der Waals surface area contributed by atoms with Crippen LogP contribution in [0.3, 0.4) is 0 Å². The number of nitrogens with zero attached hydrogens (tertiary/aromatic N) is 1. The number of nitrogens with one attached hydrogen (secondary N) is 1. The van der Waals surface area contributed by atoms with Gasteiger partial charge in [-0.1, -0.05) is 30.3 Å². The summed E-state index contributed by atoms with van der Waals surface area (Å²) in [6.45, 7) is 2.47. The average Bonchev–Trinajstić information content (AvgIpc) is 3.41. The van der Waals surface area contributed by atoms with Crippen molar-refractivity contribution < 1.29 is 9.47 Å². The van der Waals surface area contributed by atoms with Crippen molar-refractivity contribution in [2.24, 2.45) is 0 Å². The Balaban J connectivity index is 1.54. The van der Waals surface area contributed by atoms with Crippen LogP contribution in [0, 0.1) is 0 Å². The molecule has 4 heteroatoms. The molecule has 0 atom stereocenters. The highest BCUT2D eigenvalue weighted by atomic mass is 16.5. The summed E-state index contributed by atoms with van der Waals surface area (Å²) in [5.74, 6) is 0.908. The van der Waals surface area contributed by atoms with Gasteiger partial charge < -0.3 is 19.4 Å². The fourth-order valence-corrected chi connectivity index (χ4v) is 3.71. The zero-order valence-corrected chi connectivity index (χ0v) is 15.5. The van der Waals surface area contributed by atoms with E-state index in [4.69, 9.17) is 9.47 Å². The normalized spacial score (nSPS) is 15.3. The van der Waals surface area contributed by atoms with Crippen molar-refractivity contribution >= 4 is 10.9 Å². The third-order valence-electron chi connectivity index (χ3n) is 5.42. The van der Waals surface area contributed by atoms with Crippen molar-refractivity contribution in [1.29, 1.82) is 0 Å². The number of ether oxygens (including phenoxy) is 2. The quantitative estimate of drug-likeness (QED) is 0.665. The Hall–Kier alpha value is -2.30. The predicted octanol–water partition coefficient (Wildman–Crippen LogP) is 4.08. The maximum absolute atomic E-state index is 5.28. The van der Waals surface area contributed by atoms with Crippen molar-refractivity contribution in [1.82, 2.24) is 9.88 Å². The Morgan fingerprint density at radius 3 is 2.50 bits per heavy atom. The van der Waals surface area contributed by atoms with E-state index in [9.17, 15) is 0 Å². The van der Waals surface area contributed by atoms with Gasteiger partial charge in [-0.3, -0.25) is 0 Å². The second kappa shape index (κ2) is 7.14. The Labute approximate surface area is 154 Å². The van der Waals surface area contributed by atoms with Crippen LogP contribution in [0.15, 0.2) is 54.7 Å². The molecule has 3 aromatic rings. The first-order valence-electron chi connectivity index (χ1n) is 9.21. The molecule has 1 aliphatic rings. The Morgan fingerprint density at radius 2 is 1.81 bits per heavy atom. The summed E-state index contributed by atoms with van der Waals surface area (Å²) in [5, 5.41) is 5.14. The van der Waals surface area contributed by atoms with Gasteiger partial charge in [-0.25, -0.2) is 0 Å². The molecular weight excluding hydrogens is 324 g/mol. The lowest BCUT2D eigenvalue weighted by molar-refractivity contribution is 0.188. The molecule has 136 valence electrons. The number of hydrogen-bond acceptors (Lipinski definition) is 3. The number of methoxy groups -OCH3 is 2. The van der Waals surface area contributed by atoms with Gasteiger partial charge in [0.2, 0.25) is 0 Å². The second-order valence-corrected chi connectivity index (χ2v) is 7.02. The lowest BCUT2D eigenvalue weighted by Gasteiger charge is -2.18. The summed E-state index contributed by atoms with van der Waals surface area (Å²) in [6, 6.07) is 17.1. The number of aromatic nitrogens is 1. The van der Waals surface area contributed by atoms with Crippen LogP contribution >= 0.6 is 0 Å². The van der Waals surface area contributed by atoms with Crippen LogP contribution in [-0.2, 0) is 23.4 Å². The van der Waals surface area contributed by atoms with Gasteiger partial charge in [0.1, 0.15) is 5.75 Å². The van der Waals surface area contributed by atoms with Gasteiger partial charge >= 0.3 is 0 Å². The second-order valence-electron chi connectivity index (χ2n) is 7.02. The Bertz CT molecular complexity index is 879. The van der Waals surface area contributed by atoms with Crippen LogP contribution in [0.1, 0.15) is 24.0 Å². The minimum absolute atomic E-state index is 0.113. The zero-order valence-electron chi connectivity index (χ0n) is 15.5. The predicted molar refractivity (Wildman–Crippen MR) is 105 cm³/mol. The zero-order chi connectivity index (χ0) is 18.0. The standard InChI is InChI=1S/C22H26N2O2/c1-25-14-13-24-16-17(20-5-3-4-6-21(20)24)15-23-22(11-12-22)18-7-9-19(26-2)10-8-18/h3-10,16,23H,11-15H2,1-2H3. The number of para-hydroxylation sites is 1. The van der Waals surface area contributed by atoms with Gasteiger partial charge in [0, 0.05) is 42.8 Å². The highest BCUT2D eigenvalue weighted by Crippen LogP contribution is 2.46. The Kier molecular flexibility index (Phi) is 4.70. The van der Waals surface area contributed by atoms with Crippen molar-refractivity contribution in [2.75, 3.05) is 20.8 Å². The highest BCUT2D eigenvalue weighted by Gasteiger charge is 2.43. The summed E-state index contributed by atoms with van der Waals surface area (Å²) < 4.78 is 12.8.